The van der Waals surface area contributed by atoms with Gasteiger partial charge in [0.1, 0.15) is 22.6 Å². The molecule has 1 amide bonds. The fourth-order valence-electron chi connectivity index (χ4n) is 2.11. The first-order valence-corrected chi connectivity index (χ1v) is 9.62. The zero-order valence-electron chi connectivity index (χ0n) is 15.0. The average Bonchev–Trinajstić information content (AvgIpc) is 2.63. The molecule has 0 heterocycles. The summed E-state index contributed by atoms with van der Waals surface area (Å²) in [6, 6.07) is 8.26. The van der Waals surface area contributed by atoms with Crippen molar-refractivity contribution in [2.24, 2.45) is 0 Å². The molecule has 2 aromatic carbocycles. The normalized spacial score (nSPS) is 13.4. The van der Waals surface area contributed by atoms with E-state index in [1.54, 1.807) is 0 Å². The molecule has 0 bridgehead atoms. The number of benzene rings is 2. The highest BCUT2D eigenvalue weighted by Gasteiger charge is 2.27. The van der Waals surface area contributed by atoms with Gasteiger partial charge in [0.05, 0.1) is 0 Å². The second kappa shape index (κ2) is 8.89. The van der Waals surface area contributed by atoms with Gasteiger partial charge in [0.25, 0.3) is 5.91 Å². The van der Waals surface area contributed by atoms with Crippen molar-refractivity contribution >= 4 is 27.6 Å². The largest absolute Gasteiger partial charge is 0.451 e. The van der Waals surface area contributed by atoms with E-state index in [4.69, 9.17) is 4.74 Å². The van der Waals surface area contributed by atoms with Gasteiger partial charge in [0, 0.05) is 5.69 Å². The van der Waals surface area contributed by atoms with Crippen molar-refractivity contribution in [3.05, 3.63) is 60.2 Å². The molecule has 0 saturated heterocycles. The average molecular weight is 412 g/mol. The summed E-state index contributed by atoms with van der Waals surface area (Å²) in [4.78, 5) is 23.5. The molecule has 0 aliphatic rings. The second-order valence-electron chi connectivity index (χ2n) is 5.85. The number of esters is 1. The summed E-state index contributed by atoms with van der Waals surface area (Å²) in [7, 11) is -4.31. The first-order valence-electron chi connectivity index (χ1n) is 8.14. The van der Waals surface area contributed by atoms with E-state index in [-0.39, 0.29) is 0 Å². The van der Waals surface area contributed by atoms with Gasteiger partial charge in [0.15, 0.2) is 6.10 Å². The molecule has 10 heteroatoms. The van der Waals surface area contributed by atoms with Gasteiger partial charge in [-0.2, -0.15) is 4.72 Å². The minimum absolute atomic E-state index is 0.294. The van der Waals surface area contributed by atoms with Crippen LogP contribution in [0.1, 0.15) is 13.8 Å². The molecule has 0 aliphatic heterocycles. The van der Waals surface area contributed by atoms with Gasteiger partial charge in [-0.3, -0.25) is 9.59 Å². The molecule has 0 aliphatic carbocycles. The fourth-order valence-corrected chi connectivity index (χ4v) is 3.39. The van der Waals surface area contributed by atoms with Crippen molar-refractivity contribution in [3.8, 4) is 0 Å². The van der Waals surface area contributed by atoms with Gasteiger partial charge in [-0.15, -0.1) is 0 Å². The number of hydrogen-bond donors (Lipinski definition) is 2. The number of halogens is 2. The Balaban J connectivity index is 1.96. The van der Waals surface area contributed by atoms with Gasteiger partial charge < -0.3 is 10.1 Å². The highest BCUT2D eigenvalue weighted by Crippen LogP contribution is 2.14. The standard InChI is InChI=1S/C18H18F2N2O5S/c1-11(22-28(25,26)16-6-4-3-5-15(16)20)18(24)27-12(2)17(23)21-14-9-7-13(19)8-10-14/h3-12,22H,1-2H3,(H,21,23)/t11-,12+/m0/s1. The summed E-state index contributed by atoms with van der Waals surface area (Å²) in [5.41, 5.74) is 0.294. The number of nitrogens with one attached hydrogen (secondary N) is 2. The molecular formula is C18H18F2N2O5S. The Kier molecular flexibility index (Phi) is 6.81. The Morgan fingerprint density at radius 1 is 1.00 bits per heavy atom. The lowest BCUT2D eigenvalue weighted by atomic mass is 10.3. The molecule has 7 nitrogen and oxygen atoms in total. The summed E-state index contributed by atoms with van der Waals surface area (Å²) in [5.74, 6) is -3.16. The van der Waals surface area contributed by atoms with E-state index in [9.17, 15) is 26.8 Å². The lowest BCUT2D eigenvalue weighted by Gasteiger charge is -2.18. The predicted molar refractivity (Wildman–Crippen MR) is 96.8 cm³/mol. The first-order chi connectivity index (χ1) is 13.1. The Morgan fingerprint density at radius 2 is 1.61 bits per heavy atom. The second-order valence-corrected chi connectivity index (χ2v) is 7.53. The van der Waals surface area contributed by atoms with Crippen molar-refractivity contribution in [2.45, 2.75) is 30.9 Å². The Labute approximate surface area is 160 Å². The Bertz CT molecular complexity index is 964. The molecule has 2 rings (SSSR count). The highest BCUT2D eigenvalue weighted by molar-refractivity contribution is 7.89. The molecule has 2 N–H and O–H groups in total. The molecule has 0 spiro atoms. The molecule has 0 fully saturated rings. The van der Waals surface area contributed by atoms with Crippen LogP contribution in [0.25, 0.3) is 0 Å². The molecule has 0 unspecified atom stereocenters. The zero-order chi connectivity index (χ0) is 20.9. The highest BCUT2D eigenvalue weighted by atomic mass is 32.2. The van der Waals surface area contributed by atoms with Crippen LogP contribution in [-0.2, 0) is 24.3 Å². The van der Waals surface area contributed by atoms with Gasteiger partial charge in [-0.1, -0.05) is 12.1 Å². The maximum atomic E-state index is 13.7. The van der Waals surface area contributed by atoms with Crippen LogP contribution in [0.5, 0.6) is 0 Å². The van der Waals surface area contributed by atoms with Crippen LogP contribution in [0.4, 0.5) is 14.5 Å². The number of hydrogen-bond acceptors (Lipinski definition) is 5. The summed E-state index contributed by atoms with van der Waals surface area (Å²) in [6.07, 6.45) is -1.25. The van der Waals surface area contributed by atoms with E-state index in [0.29, 0.717) is 5.69 Å². The summed E-state index contributed by atoms with van der Waals surface area (Å²) < 4.78 is 57.8. The number of amides is 1. The third kappa shape index (κ3) is 5.57. The molecule has 2 atom stereocenters. The number of anilines is 1. The number of rotatable bonds is 7. The molecule has 0 aromatic heterocycles. The van der Waals surface area contributed by atoms with Crippen LogP contribution in [0.15, 0.2) is 53.4 Å². The van der Waals surface area contributed by atoms with Crippen molar-refractivity contribution in [2.75, 3.05) is 5.32 Å². The van der Waals surface area contributed by atoms with Gasteiger partial charge in [-0.05, 0) is 50.2 Å². The topological polar surface area (TPSA) is 102 Å². The third-order valence-corrected chi connectivity index (χ3v) is 5.16. The van der Waals surface area contributed by atoms with E-state index in [1.807, 2.05) is 4.72 Å². The third-order valence-electron chi connectivity index (χ3n) is 3.59. The predicted octanol–water partition coefficient (Wildman–Crippen LogP) is 2.20. The number of carbonyl (C=O) groups excluding carboxylic acids is 2. The van der Waals surface area contributed by atoms with Crippen LogP contribution < -0.4 is 10.0 Å². The van der Waals surface area contributed by atoms with E-state index in [0.717, 1.165) is 24.3 Å². The van der Waals surface area contributed by atoms with Gasteiger partial charge in [-0.25, -0.2) is 17.2 Å². The molecule has 150 valence electrons. The molecule has 28 heavy (non-hydrogen) atoms. The van der Waals surface area contributed by atoms with Crippen molar-refractivity contribution in [1.82, 2.24) is 4.72 Å². The number of sulfonamides is 1. The SMILES string of the molecule is C[C@H](NS(=O)(=O)c1ccccc1F)C(=O)O[C@H](C)C(=O)Nc1ccc(F)cc1. The fraction of sp³-hybridized carbons (Fsp3) is 0.222. The van der Waals surface area contributed by atoms with E-state index in [1.165, 1.54) is 38.1 Å². The Hall–Kier alpha value is -2.85. The monoisotopic (exact) mass is 412 g/mol. The van der Waals surface area contributed by atoms with Crippen molar-refractivity contribution < 1.29 is 31.5 Å². The minimum atomic E-state index is -4.31. The Morgan fingerprint density at radius 3 is 2.21 bits per heavy atom. The van der Waals surface area contributed by atoms with Crippen molar-refractivity contribution in [3.63, 3.8) is 0 Å². The summed E-state index contributed by atoms with van der Waals surface area (Å²) in [6.45, 7) is 2.49. The number of carbonyl (C=O) groups is 2. The quantitative estimate of drug-likeness (QED) is 0.679. The van der Waals surface area contributed by atoms with E-state index in [2.05, 4.69) is 5.32 Å². The van der Waals surface area contributed by atoms with Crippen LogP contribution >= 0.6 is 0 Å². The van der Waals surface area contributed by atoms with Crippen molar-refractivity contribution in [1.29, 1.82) is 0 Å². The van der Waals surface area contributed by atoms with E-state index >= 15 is 0 Å². The zero-order valence-corrected chi connectivity index (χ0v) is 15.8. The van der Waals surface area contributed by atoms with Crippen LogP contribution in [0.2, 0.25) is 0 Å². The maximum Gasteiger partial charge on any atom is 0.324 e. The summed E-state index contributed by atoms with van der Waals surface area (Å²) in [5, 5.41) is 2.42. The number of ether oxygens (including phenoxy) is 1. The van der Waals surface area contributed by atoms with Gasteiger partial charge in [0.2, 0.25) is 10.0 Å². The lowest BCUT2D eigenvalue weighted by Crippen LogP contribution is -2.42. The molecule has 2 aromatic rings. The molecule has 0 saturated carbocycles. The molecular weight excluding hydrogens is 394 g/mol. The van der Waals surface area contributed by atoms with Crippen LogP contribution in [0.3, 0.4) is 0 Å². The van der Waals surface area contributed by atoms with Crippen LogP contribution in [-0.4, -0.2) is 32.4 Å². The summed E-state index contributed by atoms with van der Waals surface area (Å²) >= 11 is 0. The van der Waals surface area contributed by atoms with Crippen LogP contribution in [0, 0.1) is 11.6 Å². The van der Waals surface area contributed by atoms with Gasteiger partial charge >= 0.3 is 5.97 Å². The first kappa shape index (κ1) is 21.5. The lowest BCUT2D eigenvalue weighted by molar-refractivity contribution is -0.154. The maximum absolute atomic E-state index is 13.7. The smallest absolute Gasteiger partial charge is 0.324 e. The van der Waals surface area contributed by atoms with E-state index < -0.39 is 50.6 Å². The molecule has 0 radical (unpaired) electrons. The minimum Gasteiger partial charge on any atom is -0.451 e.